The van der Waals surface area contributed by atoms with Crippen LogP contribution in [0.2, 0.25) is 0 Å². The monoisotopic (exact) mass is 262 g/mol. The Bertz CT molecular complexity index is 636. The molecule has 0 amide bonds. The van der Waals surface area contributed by atoms with Crippen LogP contribution in [0.15, 0.2) is 35.9 Å². The van der Waals surface area contributed by atoms with E-state index in [4.69, 9.17) is 10.9 Å². The zero-order valence-electron chi connectivity index (χ0n) is 9.67. The van der Waals surface area contributed by atoms with Gasteiger partial charge in [-0.05, 0) is 17.7 Å². The molecule has 0 saturated carbocycles. The zero-order chi connectivity index (χ0) is 13.8. The molecular weight excluding hydrogens is 252 g/mol. The van der Waals surface area contributed by atoms with Crippen molar-refractivity contribution < 1.29 is 10.1 Å². The van der Waals surface area contributed by atoms with E-state index >= 15 is 0 Å². The quantitative estimate of drug-likeness (QED) is 0.268. The Labute approximate surface area is 107 Å². The molecule has 0 aliphatic rings. The second-order valence-corrected chi connectivity index (χ2v) is 3.69. The standard InChI is InChI=1S/C10H10N6O3/c11-10(14-17)9-3-7(1-2-12-9)5-15-6-8(4-13-15)16(18)19/h1-4,6,17H,5H2,(H2,11,14). The van der Waals surface area contributed by atoms with Crippen LogP contribution in [0.1, 0.15) is 11.3 Å². The Balaban J connectivity index is 2.21. The van der Waals surface area contributed by atoms with Gasteiger partial charge in [0.1, 0.15) is 18.1 Å². The van der Waals surface area contributed by atoms with Crippen molar-refractivity contribution in [3.8, 4) is 0 Å². The highest BCUT2D eigenvalue weighted by atomic mass is 16.6. The third kappa shape index (κ3) is 2.83. The van der Waals surface area contributed by atoms with Crippen molar-refractivity contribution in [2.24, 2.45) is 10.9 Å². The number of amidine groups is 1. The van der Waals surface area contributed by atoms with Crippen LogP contribution >= 0.6 is 0 Å². The highest BCUT2D eigenvalue weighted by Gasteiger charge is 2.09. The SMILES string of the molecule is N/C(=N/O)c1cc(Cn2cc([N+](=O)[O-])cn2)ccn1. The van der Waals surface area contributed by atoms with Gasteiger partial charge in [-0.3, -0.25) is 19.8 Å². The summed E-state index contributed by atoms with van der Waals surface area (Å²) >= 11 is 0. The second-order valence-electron chi connectivity index (χ2n) is 3.69. The molecule has 2 aromatic rings. The molecule has 0 radical (unpaired) electrons. The van der Waals surface area contributed by atoms with Gasteiger partial charge in [0.25, 0.3) is 0 Å². The van der Waals surface area contributed by atoms with Crippen LogP contribution in [0.4, 0.5) is 5.69 Å². The van der Waals surface area contributed by atoms with Crippen molar-refractivity contribution in [3.63, 3.8) is 0 Å². The van der Waals surface area contributed by atoms with E-state index < -0.39 is 4.92 Å². The van der Waals surface area contributed by atoms with Crippen LogP contribution in [0.5, 0.6) is 0 Å². The fourth-order valence-corrected chi connectivity index (χ4v) is 1.48. The van der Waals surface area contributed by atoms with Crippen LogP contribution < -0.4 is 5.73 Å². The Kier molecular flexibility index (Phi) is 3.37. The van der Waals surface area contributed by atoms with Gasteiger partial charge in [-0.15, -0.1) is 0 Å². The van der Waals surface area contributed by atoms with Gasteiger partial charge in [0.15, 0.2) is 5.84 Å². The molecule has 2 heterocycles. The lowest BCUT2D eigenvalue weighted by Gasteiger charge is -2.03. The van der Waals surface area contributed by atoms with E-state index in [0.717, 1.165) is 5.56 Å². The van der Waals surface area contributed by atoms with Gasteiger partial charge < -0.3 is 10.9 Å². The summed E-state index contributed by atoms with van der Waals surface area (Å²) in [6.45, 7) is 0.321. The molecule has 9 heteroatoms. The largest absolute Gasteiger partial charge is 0.409 e. The molecule has 2 rings (SSSR count). The highest BCUT2D eigenvalue weighted by molar-refractivity contribution is 5.95. The lowest BCUT2D eigenvalue weighted by atomic mass is 10.2. The molecule has 2 aromatic heterocycles. The van der Waals surface area contributed by atoms with E-state index in [0.29, 0.717) is 12.2 Å². The maximum absolute atomic E-state index is 10.5. The van der Waals surface area contributed by atoms with E-state index in [1.807, 2.05) is 0 Å². The number of oxime groups is 1. The lowest BCUT2D eigenvalue weighted by molar-refractivity contribution is -0.385. The molecule has 0 bridgehead atoms. The Morgan fingerprint density at radius 1 is 1.63 bits per heavy atom. The van der Waals surface area contributed by atoms with Gasteiger partial charge >= 0.3 is 5.69 Å². The van der Waals surface area contributed by atoms with Crippen molar-refractivity contribution in [1.29, 1.82) is 0 Å². The number of pyridine rings is 1. The molecule has 3 N–H and O–H groups in total. The maximum atomic E-state index is 10.5. The summed E-state index contributed by atoms with van der Waals surface area (Å²) in [6, 6.07) is 3.32. The summed E-state index contributed by atoms with van der Waals surface area (Å²) in [4.78, 5) is 13.9. The molecule has 0 saturated heterocycles. The van der Waals surface area contributed by atoms with Crippen LogP contribution in [-0.2, 0) is 6.54 Å². The predicted octanol–water partition coefficient (Wildman–Crippen LogP) is 0.329. The number of hydrogen-bond donors (Lipinski definition) is 2. The van der Waals surface area contributed by atoms with Crippen LogP contribution in [-0.4, -0.2) is 30.7 Å². The highest BCUT2D eigenvalue weighted by Crippen LogP contribution is 2.10. The molecule has 98 valence electrons. The van der Waals surface area contributed by atoms with E-state index in [1.165, 1.54) is 23.3 Å². The molecule has 0 spiro atoms. The van der Waals surface area contributed by atoms with Crippen molar-refractivity contribution >= 4 is 11.5 Å². The van der Waals surface area contributed by atoms with Crippen molar-refractivity contribution in [2.75, 3.05) is 0 Å². The number of nitrogens with two attached hydrogens (primary N) is 1. The topological polar surface area (TPSA) is 132 Å². The summed E-state index contributed by atoms with van der Waals surface area (Å²) in [5.41, 5.74) is 6.44. The fraction of sp³-hybridized carbons (Fsp3) is 0.100. The van der Waals surface area contributed by atoms with Gasteiger partial charge in [0, 0.05) is 6.20 Å². The van der Waals surface area contributed by atoms with Gasteiger partial charge in [0.2, 0.25) is 0 Å². The average molecular weight is 262 g/mol. The van der Waals surface area contributed by atoms with Gasteiger partial charge in [0.05, 0.1) is 11.5 Å². The van der Waals surface area contributed by atoms with Crippen molar-refractivity contribution in [1.82, 2.24) is 14.8 Å². The molecule has 19 heavy (non-hydrogen) atoms. The maximum Gasteiger partial charge on any atom is 0.307 e. The molecular formula is C10H10N6O3. The van der Waals surface area contributed by atoms with Gasteiger partial charge in [-0.2, -0.15) is 5.10 Å². The average Bonchev–Trinajstić information content (AvgIpc) is 2.87. The summed E-state index contributed by atoms with van der Waals surface area (Å²) in [6.07, 6.45) is 4.00. The van der Waals surface area contributed by atoms with Gasteiger partial charge in [-0.1, -0.05) is 5.16 Å². The second kappa shape index (κ2) is 5.12. The van der Waals surface area contributed by atoms with E-state index in [2.05, 4.69) is 15.2 Å². The molecule has 0 unspecified atom stereocenters. The summed E-state index contributed by atoms with van der Waals surface area (Å²) < 4.78 is 1.42. The normalized spacial score (nSPS) is 11.5. The van der Waals surface area contributed by atoms with Crippen molar-refractivity contribution in [3.05, 3.63) is 52.1 Å². The Morgan fingerprint density at radius 3 is 3.05 bits per heavy atom. The van der Waals surface area contributed by atoms with Crippen molar-refractivity contribution in [2.45, 2.75) is 6.54 Å². The smallest absolute Gasteiger partial charge is 0.307 e. The first-order chi connectivity index (χ1) is 9.10. The first-order valence-electron chi connectivity index (χ1n) is 5.20. The summed E-state index contributed by atoms with van der Waals surface area (Å²) in [5.74, 6) is -0.103. The number of aromatic nitrogens is 3. The molecule has 0 aliphatic heterocycles. The number of hydrogen-bond acceptors (Lipinski definition) is 6. The summed E-state index contributed by atoms with van der Waals surface area (Å²) in [7, 11) is 0. The number of nitrogens with zero attached hydrogens (tertiary/aromatic N) is 5. The van der Waals surface area contributed by atoms with Crippen LogP contribution in [0.3, 0.4) is 0 Å². The van der Waals surface area contributed by atoms with Crippen LogP contribution in [0, 0.1) is 10.1 Å². The van der Waals surface area contributed by atoms with E-state index in [9.17, 15) is 10.1 Å². The minimum atomic E-state index is -0.516. The summed E-state index contributed by atoms with van der Waals surface area (Å²) in [5, 5.41) is 25.8. The predicted molar refractivity (Wildman–Crippen MR) is 64.7 cm³/mol. The Morgan fingerprint density at radius 2 is 2.42 bits per heavy atom. The third-order valence-electron chi connectivity index (χ3n) is 2.37. The number of nitro groups is 1. The minimum absolute atomic E-state index is 0.0780. The zero-order valence-corrected chi connectivity index (χ0v) is 9.67. The molecule has 0 atom stereocenters. The van der Waals surface area contributed by atoms with Crippen LogP contribution in [0.25, 0.3) is 0 Å². The minimum Gasteiger partial charge on any atom is -0.409 e. The first-order valence-corrected chi connectivity index (χ1v) is 5.20. The van der Waals surface area contributed by atoms with E-state index in [1.54, 1.807) is 12.1 Å². The number of rotatable bonds is 4. The molecule has 0 fully saturated rings. The molecule has 9 nitrogen and oxygen atoms in total. The first kappa shape index (κ1) is 12.5. The van der Waals surface area contributed by atoms with E-state index in [-0.39, 0.29) is 11.5 Å². The molecule has 0 aromatic carbocycles. The lowest BCUT2D eigenvalue weighted by Crippen LogP contribution is -2.15. The fourth-order valence-electron chi connectivity index (χ4n) is 1.48. The molecule has 0 aliphatic carbocycles. The van der Waals surface area contributed by atoms with Gasteiger partial charge in [-0.25, -0.2) is 0 Å². The Hall–Kier alpha value is -2.97. The third-order valence-corrected chi connectivity index (χ3v) is 2.37.